The van der Waals surface area contributed by atoms with Gasteiger partial charge in [-0.1, -0.05) is 55.5 Å². The summed E-state index contributed by atoms with van der Waals surface area (Å²) in [6, 6.07) is 16.7. The van der Waals surface area contributed by atoms with E-state index in [0.29, 0.717) is 24.1 Å². The van der Waals surface area contributed by atoms with Crippen molar-refractivity contribution in [2.24, 2.45) is 0 Å². The largest absolute Gasteiger partial charge is 0.481 e. The lowest BCUT2D eigenvalue weighted by molar-refractivity contribution is -0.140. The minimum absolute atomic E-state index is 0.0640. The van der Waals surface area contributed by atoms with Crippen LogP contribution in [0.3, 0.4) is 0 Å². The van der Waals surface area contributed by atoms with E-state index >= 15 is 0 Å². The number of hydrogen-bond acceptors (Lipinski definition) is 2. The molecule has 1 heterocycles. The summed E-state index contributed by atoms with van der Waals surface area (Å²) in [5.41, 5.74) is 2.30. The topological polar surface area (TPSA) is 57.6 Å². The minimum atomic E-state index is -0.869. The highest BCUT2D eigenvalue weighted by molar-refractivity contribution is 6.00. The van der Waals surface area contributed by atoms with Crippen molar-refractivity contribution < 1.29 is 14.7 Å². The van der Waals surface area contributed by atoms with Gasteiger partial charge in [0.1, 0.15) is 5.92 Å². The number of amides is 1. The molecule has 0 saturated carbocycles. The predicted molar refractivity (Wildman–Crippen MR) is 92.1 cm³/mol. The highest BCUT2D eigenvalue weighted by Gasteiger charge is 2.42. The SMILES string of the molecule is CCC1C(C(=O)O)c2ccccc2C(=O)N1CCc1ccccc1. The van der Waals surface area contributed by atoms with Crippen molar-refractivity contribution >= 4 is 11.9 Å². The molecule has 1 N–H and O–H groups in total. The molecule has 2 aromatic carbocycles. The Bertz CT molecular complexity index is 742. The standard InChI is InChI=1S/C20H21NO3/c1-2-17-18(20(23)24)15-10-6-7-11-16(15)19(22)21(17)13-12-14-8-4-3-5-9-14/h3-11,17-18H,2,12-13H2,1H3,(H,23,24). The average molecular weight is 323 g/mol. The van der Waals surface area contributed by atoms with Gasteiger partial charge in [-0.2, -0.15) is 0 Å². The fourth-order valence-electron chi connectivity index (χ4n) is 3.57. The maximum Gasteiger partial charge on any atom is 0.313 e. The molecule has 124 valence electrons. The second-order valence-corrected chi connectivity index (χ2v) is 6.11. The summed E-state index contributed by atoms with van der Waals surface area (Å²) >= 11 is 0. The number of carboxylic acids is 1. The van der Waals surface area contributed by atoms with E-state index in [4.69, 9.17) is 0 Å². The molecule has 1 aliphatic rings. The summed E-state index contributed by atoms with van der Waals surface area (Å²) in [6.45, 7) is 2.47. The number of nitrogens with zero attached hydrogens (tertiary/aromatic N) is 1. The number of aliphatic carboxylic acids is 1. The first-order valence-corrected chi connectivity index (χ1v) is 8.30. The first-order valence-electron chi connectivity index (χ1n) is 8.30. The molecule has 0 aliphatic carbocycles. The van der Waals surface area contributed by atoms with E-state index < -0.39 is 11.9 Å². The van der Waals surface area contributed by atoms with Gasteiger partial charge in [-0.25, -0.2) is 0 Å². The molecule has 0 aromatic heterocycles. The molecule has 3 rings (SSSR count). The molecule has 0 saturated heterocycles. The zero-order valence-electron chi connectivity index (χ0n) is 13.7. The lowest BCUT2D eigenvalue weighted by atomic mass is 9.81. The number of carbonyl (C=O) groups is 2. The highest BCUT2D eigenvalue weighted by atomic mass is 16.4. The van der Waals surface area contributed by atoms with Gasteiger partial charge in [0.25, 0.3) is 5.91 Å². The van der Waals surface area contributed by atoms with Crippen molar-refractivity contribution in [2.75, 3.05) is 6.54 Å². The summed E-state index contributed by atoms with van der Waals surface area (Å²) in [5.74, 6) is -1.60. The molecule has 2 unspecified atom stereocenters. The predicted octanol–water partition coefficient (Wildman–Crippen LogP) is 3.33. The number of fused-ring (bicyclic) bond motifs is 1. The molecule has 0 fully saturated rings. The van der Waals surface area contributed by atoms with Gasteiger partial charge in [-0.15, -0.1) is 0 Å². The lowest BCUT2D eigenvalue weighted by Crippen LogP contribution is -2.50. The quantitative estimate of drug-likeness (QED) is 0.918. The number of benzene rings is 2. The Balaban J connectivity index is 1.93. The van der Waals surface area contributed by atoms with E-state index in [1.54, 1.807) is 29.2 Å². The van der Waals surface area contributed by atoms with E-state index in [2.05, 4.69) is 0 Å². The minimum Gasteiger partial charge on any atom is -0.481 e. The zero-order valence-corrected chi connectivity index (χ0v) is 13.7. The maximum absolute atomic E-state index is 12.9. The number of rotatable bonds is 5. The van der Waals surface area contributed by atoms with Crippen LogP contribution in [0.25, 0.3) is 0 Å². The molecule has 0 spiro atoms. The second-order valence-electron chi connectivity index (χ2n) is 6.11. The van der Waals surface area contributed by atoms with E-state index in [1.165, 1.54) is 0 Å². The fourth-order valence-corrected chi connectivity index (χ4v) is 3.57. The Labute approximate surface area is 141 Å². The van der Waals surface area contributed by atoms with Crippen molar-refractivity contribution in [1.29, 1.82) is 0 Å². The number of carbonyl (C=O) groups excluding carboxylic acids is 1. The molecule has 0 bridgehead atoms. The smallest absolute Gasteiger partial charge is 0.313 e. The van der Waals surface area contributed by atoms with Crippen LogP contribution in [0.2, 0.25) is 0 Å². The van der Waals surface area contributed by atoms with E-state index in [-0.39, 0.29) is 11.9 Å². The third kappa shape index (κ3) is 2.92. The first-order chi connectivity index (χ1) is 11.6. The third-order valence-electron chi connectivity index (χ3n) is 4.74. The van der Waals surface area contributed by atoms with E-state index in [1.807, 2.05) is 37.3 Å². The van der Waals surface area contributed by atoms with Crippen LogP contribution in [-0.4, -0.2) is 34.5 Å². The highest BCUT2D eigenvalue weighted by Crippen LogP contribution is 2.35. The second kappa shape index (κ2) is 6.87. The molecular formula is C20H21NO3. The Morgan fingerprint density at radius 2 is 1.75 bits per heavy atom. The van der Waals surface area contributed by atoms with Crippen LogP contribution >= 0.6 is 0 Å². The Morgan fingerprint density at radius 3 is 2.42 bits per heavy atom. The number of carboxylic acid groups (broad SMARTS) is 1. The summed E-state index contributed by atoms with van der Waals surface area (Å²) in [7, 11) is 0. The van der Waals surface area contributed by atoms with Crippen LogP contribution in [-0.2, 0) is 11.2 Å². The maximum atomic E-state index is 12.9. The van der Waals surface area contributed by atoms with Gasteiger partial charge in [0.2, 0.25) is 0 Å². The average Bonchev–Trinajstić information content (AvgIpc) is 2.61. The molecule has 1 aliphatic heterocycles. The summed E-state index contributed by atoms with van der Waals surface area (Å²) in [6.07, 6.45) is 1.34. The fraction of sp³-hybridized carbons (Fsp3) is 0.300. The van der Waals surface area contributed by atoms with Gasteiger partial charge in [0.05, 0.1) is 0 Å². The van der Waals surface area contributed by atoms with Crippen LogP contribution < -0.4 is 0 Å². The Morgan fingerprint density at radius 1 is 1.08 bits per heavy atom. The normalized spacial score (nSPS) is 19.9. The van der Waals surface area contributed by atoms with Crippen molar-refractivity contribution in [2.45, 2.75) is 31.7 Å². The molecule has 4 heteroatoms. The molecule has 2 aromatic rings. The van der Waals surface area contributed by atoms with Gasteiger partial charge >= 0.3 is 5.97 Å². The zero-order chi connectivity index (χ0) is 17.1. The van der Waals surface area contributed by atoms with E-state index in [9.17, 15) is 14.7 Å². The summed E-state index contributed by atoms with van der Waals surface area (Å²) < 4.78 is 0. The Hall–Kier alpha value is -2.62. The lowest BCUT2D eigenvalue weighted by Gasteiger charge is -2.40. The molecule has 1 amide bonds. The van der Waals surface area contributed by atoms with Gasteiger partial charge in [0, 0.05) is 18.2 Å². The molecular weight excluding hydrogens is 302 g/mol. The summed E-state index contributed by atoms with van der Waals surface area (Å²) in [5, 5.41) is 9.74. The Kier molecular flexibility index (Phi) is 4.65. The van der Waals surface area contributed by atoms with Crippen molar-refractivity contribution in [3.05, 3.63) is 71.3 Å². The van der Waals surface area contributed by atoms with Crippen molar-refractivity contribution in [3.8, 4) is 0 Å². The van der Waals surface area contributed by atoms with Crippen LogP contribution in [0.1, 0.15) is 40.7 Å². The summed E-state index contributed by atoms with van der Waals surface area (Å²) in [4.78, 5) is 26.5. The molecule has 24 heavy (non-hydrogen) atoms. The molecule has 0 radical (unpaired) electrons. The van der Waals surface area contributed by atoms with Gasteiger partial charge < -0.3 is 10.0 Å². The van der Waals surface area contributed by atoms with Gasteiger partial charge in [0.15, 0.2) is 0 Å². The van der Waals surface area contributed by atoms with Gasteiger partial charge in [-0.3, -0.25) is 9.59 Å². The van der Waals surface area contributed by atoms with Crippen LogP contribution in [0.15, 0.2) is 54.6 Å². The first kappa shape index (κ1) is 16.2. The molecule has 2 atom stereocenters. The monoisotopic (exact) mass is 323 g/mol. The van der Waals surface area contributed by atoms with E-state index in [0.717, 1.165) is 12.0 Å². The van der Waals surface area contributed by atoms with Gasteiger partial charge in [-0.05, 0) is 30.0 Å². The van der Waals surface area contributed by atoms with Crippen LogP contribution in [0.4, 0.5) is 0 Å². The van der Waals surface area contributed by atoms with Crippen molar-refractivity contribution in [3.63, 3.8) is 0 Å². The third-order valence-corrected chi connectivity index (χ3v) is 4.74. The van der Waals surface area contributed by atoms with Crippen LogP contribution in [0.5, 0.6) is 0 Å². The van der Waals surface area contributed by atoms with Crippen LogP contribution in [0, 0.1) is 0 Å². The number of hydrogen-bond donors (Lipinski definition) is 1. The van der Waals surface area contributed by atoms with Crippen molar-refractivity contribution in [1.82, 2.24) is 4.90 Å². The molecule has 4 nitrogen and oxygen atoms in total.